The van der Waals surface area contributed by atoms with Gasteiger partial charge in [0.25, 0.3) is 15.9 Å². The number of anilines is 1. The molecule has 0 aliphatic carbocycles. The first kappa shape index (κ1) is 19.9. The van der Waals surface area contributed by atoms with Crippen LogP contribution in [0.25, 0.3) is 0 Å². The molecule has 3 rings (SSSR count). The summed E-state index contributed by atoms with van der Waals surface area (Å²) in [4.78, 5) is 12.4. The van der Waals surface area contributed by atoms with Gasteiger partial charge in [0.1, 0.15) is 0 Å². The third kappa shape index (κ3) is 5.13. The topological polar surface area (TPSA) is 84.5 Å². The Morgan fingerprint density at radius 3 is 2.56 bits per heavy atom. The second kappa shape index (κ2) is 8.48. The Morgan fingerprint density at radius 1 is 1.15 bits per heavy atom. The van der Waals surface area contributed by atoms with Crippen molar-refractivity contribution in [2.45, 2.75) is 23.8 Å². The molecule has 144 valence electrons. The SMILES string of the molecule is O=C(NCC1CCCO1)c1cc(S(=O)(=O)Nc2ccc(Cl)cc2)ccc1Cl. The van der Waals surface area contributed by atoms with Crippen LogP contribution in [-0.4, -0.2) is 33.6 Å². The van der Waals surface area contributed by atoms with Gasteiger partial charge in [-0.15, -0.1) is 0 Å². The quantitative estimate of drug-likeness (QED) is 0.734. The molecule has 2 N–H and O–H groups in total. The zero-order valence-corrected chi connectivity index (χ0v) is 16.6. The fourth-order valence-electron chi connectivity index (χ4n) is 2.68. The van der Waals surface area contributed by atoms with Crippen LogP contribution in [0.3, 0.4) is 0 Å². The molecule has 1 aliphatic rings. The van der Waals surface area contributed by atoms with Crippen molar-refractivity contribution >= 4 is 44.8 Å². The molecule has 1 amide bonds. The predicted molar refractivity (Wildman–Crippen MR) is 105 cm³/mol. The Morgan fingerprint density at radius 2 is 1.89 bits per heavy atom. The summed E-state index contributed by atoms with van der Waals surface area (Å²) < 4.78 is 33.1. The lowest BCUT2D eigenvalue weighted by atomic mass is 10.2. The highest BCUT2D eigenvalue weighted by Gasteiger charge is 2.21. The summed E-state index contributed by atoms with van der Waals surface area (Å²) in [5.41, 5.74) is 0.451. The number of hydrogen-bond acceptors (Lipinski definition) is 4. The van der Waals surface area contributed by atoms with Crippen molar-refractivity contribution < 1.29 is 17.9 Å². The third-order valence-corrected chi connectivity index (χ3v) is 6.06. The van der Waals surface area contributed by atoms with Gasteiger partial charge in [-0.05, 0) is 55.3 Å². The number of hydrogen-bond donors (Lipinski definition) is 2. The van der Waals surface area contributed by atoms with Gasteiger partial charge in [-0.3, -0.25) is 9.52 Å². The van der Waals surface area contributed by atoms with Crippen molar-refractivity contribution in [3.63, 3.8) is 0 Å². The van der Waals surface area contributed by atoms with Gasteiger partial charge in [0.15, 0.2) is 0 Å². The molecule has 0 spiro atoms. The number of carbonyl (C=O) groups excluding carboxylic acids is 1. The van der Waals surface area contributed by atoms with Crippen molar-refractivity contribution in [2.75, 3.05) is 17.9 Å². The van der Waals surface area contributed by atoms with Gasteiger partial charge in [-0.2, -0.15) is 0 Å². The summed E-state index contributed by atoms with van der Waals surface area (Å²) >= 11 is 11.9. The number of nitrogens with one attached hydrogen (secondary N) is 2. The molecule has 1 fully saturated rings. The smallest absolute Gasteiger partial charge is 0.261 e. The summed E-state index contributed by atoms with van der Waals surface area (Å²) in [5.74, 6) is -0.445. The van der Waals surface area contributed by atoms with E-state index in [1.807, 2.05) is 0 Å². The number of halogens is 2. The normalized spacial score (nSPS) is 16.9. The maximum Gasteiger partial charge on any atom is 0.261 e. The van der Waals surface area contributed by atoms with Crippen LogP contribution >= 0.6 is 23.2 Å². The molecule has 1 aliphatic heterocycles. The largest absolute Gasteiger partial charge is 0.376 e. The van der Waals surface area contributed by atoms with E-state index in [-0.39, 0.29) is 21.6 Å². The molecule has 1 heterocycles. The Kier molecular flexibility index (Phi) is 6.26. The molecule has 0 aromatic heterocycles. The fourth-order valence-corrected chi connectivity index (χ4v) is 4.10. The molecular weight excluding hydrogens is 411 g/mol. The molecule has 27 heavy (non-hydrogen) atoms. The minimum absolute atomic E-state index is 0.0220. The monoisotopic (exact) mass is 428 g/mol. The first-order chi connectivity index (χ1) is 12.8. The van der Waals surface area contributed by atoms with E-state index in [9.17, 15) is 13.2 Å². The van der Waals surface area contributed by atoms with E-state index in [1.165, 1.54) is 18.2 Å². The van der Waals surface area contributed by atoms with E-state index in [1.54, 1.807) is 24.3 Å². The van der Waals surface area contributed by atoms with Gasteiger partial charge in [-0.1, -0.05) is 23.2 Å². The highest BCUT2D eigenvalue weighted by Crippen LogP contribution is 2.23. The van der Waals surface area contributed by atoms with Gasteiger partial charge in [-0.25, -0.2) is 8.42 Å². The van der Waals surface area contributed by atoms with Crippen LogP contribution in [0.15, 0.2) is 47.4 Å². The van der Waals surface area contributed by atoms with Gasteiger partial charge in [0.05, 0.1) is 21.6 Å². The van der Waals surface area contributed by atoms with Crippen LogP contribution < -0.4 is 10.0 Å². The number of amides is 1. The Hall–Kier alpha value is -1.80. The lowest BCUT2D eigenvalue weighted by Gasteiger charge is -2.13. The van der Waals surface area contributed by atoms with E-state index < -0.39 is 15.9 Å². The van der Waals surface area contributed by atoms with Crippen LogP contribution in [0.5, 0.6) is 0 Å². The van der Waals surface area contributed by atoms with Crippen LogP contribution in [0.1, 0.15) is 23.2 Å². The minimum Gasteiger partial charge on any atom is -0.376 e. The number of rotatable bonds is 6. The Bertz CT molecular complexity index is 927. The standard InChI is InChI=1S/C18H18Cl2N2O4S/c19-12-3-5-13(6-4-12)22-27(24,25)15-7-8-17(20)16(10-15)18(23)21-11-14-2-1-9-26-14/h3-8,10,14,22H,1-2,9,11H2,(H,21,23). The second-order valence-electron chi connectivity index (χ2n) is 6.10. The van der Waals surface area contributed by atoms with E-state index >= 15 is 0 Å². The minimum atomic E-state index is -3.89. The van der Waals surface area contributed by atoms with Gasteiger partial charge < -0.3 is 10.1 Å². The molecule has 2 aromatic carbocycles. The highest BCUT2D eigenvalue weighted by atomic mass is 35.5. The van der Waals surface area contributed by atoms with Crippen molar-refractivity contribution in [2.24, 2.45) is 0 Å². The molecule has 0 bridgehead atoms. The van der Waals surface area contributed by atoms with Crippen LogP contribution in [0.4, 0.5) is 5.69 Å². The summed E-state index contributed by atoms with van der Waals surface area (Å²) in [6, 6.07) is 10.2. The number of benzene rings is 2. The number of ether oxygens (including phenoxy) is 1. The second-order valence-corrected chi connectivity index (χ2v) is 8.63. The molecule has 1 atom stereocenters. The van der Waals surface area contributed by atoms with Crippen molar-refractivity contribution in [3.8, 4) is 0 Å². The zero-order valence-electron chi connectivity index (χ0n) is 14.2. The van der Waals surface area contributed by atoms with Crippen molar-refractivity contribution in [1.82, 2.24) is 5.32 Å². The number of carbonyl (C=O) groups is 1. The molecule has 9 heteroatoms. The predicted octanol–water partition coefficient (Wildman–Crippen LogP) is 3.70. The summed E-state index contributed by atoms with van der Waals surface area (Å²) in [6.07, 6.45) is 1.82. The lowest BCUT2D eigenvalue weighted by molar-refractivity contribution is 0.0857. The van der Waals surface area contributed by atoms with E-state index in [2.05, 4.69) is 10.0 Å². The Labute approximate surface area is 167 Å². The van der Waals surface area contributed by atoms with Gasteiger partial charge >= 0.3 is 0 Å². The molecule has 1 unspecified atom stereocenters. The van der Waals surface area contributed by atoms with E-state index in [0.717, 1.165) is 12.8 Å². The molecule has 1 saturated heterocycles. The van der Waals surface area contributed by atoms with Crippen LogP contribution in [0.2, 0.25) is 10.0 Å². The van der Waals surface area contributed by atoms with Gasteiger partial charge in [0, 0.05) is 23.9 Å². The highest BCUT2D eigenvalue weighted by molar-refractivity contribution is 7.92. The van der Waals surface area contributed by atoms with Crippen LogP contribution in [0, 0.1) is 0 Å². The summed E-state index contributed by atoms with van der Waals surface area (Å²) in [7, 11) is -3.89. The molecule has 0 radical (unpaired) electrons. The van der Waals surface area contributed by atoms with E-state index in [0.29, 0.717) is 23.9 Å². The lowest BCUT2D eigenvalue weighted by Crippen LogP contribution is -2.32. The van der Waals surface area contributed by atoms with Crippen molar-refractivity contribution in [1.29, 1.82) is 0 Å². The first-order valence-corrected chi connectivity index (χ1v) is 10.6. The van der Waals surface area contributed by atoms with E-state index in [4.69, 9.17) is 27.9 Å². The number of sulfonamides is 1. The van der Waals surface area contributed by atoms with Gasteiger partial charge in [0.2, 0.25) is 0 Å². The fraction of sp³-hybridized carbons (Fsp3) is 0.278. The molecule has 6 nitrogen and oxygen atoms in total. The Balaban J connectivity index is 1.76. The van der Waals surface area contributed by atoms with Crippen molar-refractivity contribution in [3.05, 3.63) is 58.1 Å². The molecule has 2 aromatic rings. The summed E-state index contributed by atoms with van der Waals surface area (Å²) in [5, 5.41) is 3.40. The average molecular weight is 429 g/mol. The van der Waals surface area contributed by atoms with Crippen LogP contribution in [-0.2, 0) is 14.8 Å². The first-order valence-electron chi connectivity index (χ1n) is 8.33. The summed E-state index contributed by atoms with van der Waals surface area (Å²) in [6.45, 7) is 1.04. The average Bonchev–Trinajstić information content (AvgIpc) is 3.15. The molecule has 0 saturated carbocycles. The molecular formula is C18H18Cl2N2O4S. The maximum absolute atomic E-state index is 12.6. The maximum atomic E-state index is 12.6. The third-order valence-electron chi connectivity index (χ3n) is 4.10. The zero-order chi connectivity index (χ0) is 19.4.